The summed E-state index contributed by atoms with van der Waals surface area (Å²) in [4.78, 5) is 15.0. The molecule has 1 aromatic heterocycles. The number of hydrogen-bond acceptors (Lipinski definition) is 6. The molecule has 0 fully saturated rings. The van der Waals surface area contributed by atoms with E-state index in [0.717, 1.165) is 11.4 Å². The Morgan fingerprint density at radius 1 is 1.00 bits per heavy atom. The first-order valence-corrected chi connectivity index (χ1v) is 8.66. The van der Waals surface area contributed by atoms with Gasteiger partial charge in [-0.3, -0.25) is 9.78 Å². The van der Waals surface area contributed by atoms with Gasteiger partial charge >= 0.3 is 0 Å². The van der Waals surface area contributed by atoms with Crippen molar-refractivity contribution in [1.29, 1.82) is 0 Å². The van der Waals surface area contributed by atoms with Crippen LogP contribution in [0.3, 0.4) is 0 Å². The number of nitrogens with one attached hydrogen (secondary N) is 2. The van der Waals surface area contributed by atoms with Crippen LogP contribution in [0.4, 0.5) is 11.6 Å². The largest absolute Gasteiger partial charge is 0.497 e. The molecule has 2 aromatic carbocycles. The molecule has 2 N–H and O–H groups in total. The van der Waals surface area contributed by atoms with Gasteiger partial charge < -0.3 is 14.8 Å². The number of nitrogens with zero attached hydrogens (tertiary/aromatic N) is 2. The van der Waals surface area contributed by atoms with Crippen molar-refractivity contribution < 1.29 is 9.47 Å². The number of anilines is 2. The second kappa shape index (κ2) is 8.35. The molecule has 0 atom stereocenters. The van der Waals surface area contributed by atoms with Crippen molar-refractivity contribution in [2.75, 3.05) is 19.0 Å². The number of aromatic amines is 1. The Morgan fingerprint density at radius 2 is 1.67 bits per heavy atom. The summed E-state index contributed by atoms with van der Waals surface area (Å²) in [5.74, 6) is 2.24. The summed E-state index contributed by atoms with van der Waals surface area (Å²) in [5.41, 5.74) is 1.37. The van der Waals surface area contributed by atoms with Crippen LogP contribution in [0.2, 0.25) is 0 Å². The Morgan fingerprint density at radius 3 is 2.26 bits per heavy atom. The van der Waals surface area contributed by atoms with Crippen molar-refractivity contribution in [1.82, 2.24) is 15.2 Å². The molecule has 0 aliphatic carbocycles. The van der Waals surface area contributed by atoms with Gasteiger partial charge in [0.1, 0.15) is 11.5 Å². The zero-order chi connectivity index (χ0) is 19.2. The van der Waals surface area contributed by atoms with Crippen LogP contribution < -0.4 is 20.3 Å². The third-order valence-electron chi connectivity index (χ3n) is 3.76. The lowest BCUT2D eigenvalue weighted by molar-refractivity contribution is 0.271. The topological polar surface area (TPSA) is 89.1 Å². The molecule has 140 valence electrons. The van der Waals surface area contributed by atoms with Crippen LogP contribution in [-0.4, -0.2) is 28.9 Å². The number of benzene rings is 2. The molecule has 3 aromatic rings. The molecule has 0 saturated carbocycles. The van der Waals surface area contributed by atoms with E-state index in [9.17, 15) is 4.79 Å². The minimum atomic E-state index is -0.324. The Kier molecular flexibility index (Phi) is 5.71. The summed E-state index contributed by atoms with van der Waals surface area (Å²) in [6.07, 6.45) is 0. The standard InChI is InChI=1S/C20H22N4O3/c1-13(2)12-27-17-10-6-15(7-11-17)21-20-22-19(25)18(23-24-20)14-4-8-16(26-3)9-5-14/h4-11,13H,12H2,1-3H3,(H2,21,22,24,25). The highest BCUT2D eigenvalue weighted by atomic mass is 16.5. The number of hydrogen-bond donors (Lipinski definition) is 2. The lowest BCUT2D eigenvalue weighted by Gasteiger charge is -2.10. The smallest absolute Gasteiger partial charge is 0.279 e. The number of aromatic nitrogens is 3. The fraction of sp³-hybridized carbons (Fsp3) is 0.250. The average Bonchev–Trinajstić information content (AvgIpc) is 2.68. The molecule has 0 saturated heterocycles. The van der Waals surface area contributed by atoms with Gasteiger partial charge in [0.2, 0.25) is 5.95 Å². The van der Waals surface area contributed by atoms with Crippen LogP contribution in [0.1, 0.15) is 13.8 Å². The van der Waals surface area contributed by atoms with E-state index >= 15 is 0 Å². The normalized spacial score (nSPS) is 10.7. The zero-order valence-electron chi connectivity index (χ0n) is 15.5. The summed E-state index contributed by atoms with van der Waals surface area (Å²) >= 11 is 0. The minimum absolute atomic E-state index is 0.251. The van der Waals surface area contributed by atoms with Crippen molar-refractivity contribution in [3.05, 3.63) is 58.9 Å². The van der Waals surface area contributed by atoms with Crippen LogP contribution in [0.15, 0.2) is 53.3 Å². The van der Waals surface area contributed by atoms with E-state index in [4.69, 9.17) is 9.47 Å². The Labute approximate surface area is 157 Å². The van der Waals surface area contributed by atoms with Gasteiger partial charge in [0.05, 0.1) is 13.7 Å². The van der Waals surface area contributed by atoms with Gasteiger partial charge in [-0.25, -0.2) is 0 Å². The SMILES string of the molecule is COc1ccc(-c2nnc(Nc3ccc(OCC(C)C)cc3)[nH]c2=O)cc1. The maximum Gasteiger partial charge on any atom is 0.279 e. The summed E-state index contributed by atoms with van der Waals surface area (Å²) in [6.45, 7) is 4.86. The van der Waals surface area contributed by atoms with Crippen molar-refractivity contribution in [2.24, 2.45) is 5.92 Å². The van der Waals surface area contributed by atoms with Crippen LogP contribution >= 0.6 is 0 Å². The number of ether oxygens (including phenoxy) is 2. The third kappa shape index (κ3) is 4.84. The first kappa shape index (κ1) is 18.4. The van der Waals surface area contributed by atoms with Crippen molar-refractivity contribution >= 4 is 11.6 Å². The van der Waals surface area contributed by atoms with Crippen LogP contribution in [0.5, 0.6) is 11.5 Å². The molecule has 0 unspecified atom stereocenters. The molecular formula is C20H22N4O3. The highest BCUT2D eigenvalue weighted by molar-refractivity contribution is 5.60. The van der Waals surface area contributed by atoms with Gasteiger partial charge in [-0.1, -0.05) is 13.8 Å². The number of rotatable bonds is 7. The Balaban J connectivity index is 1.71. The summed E-state index contributed by atoms with van der Waals surface area (Å²) < 4.78 is 10.8. The van der Waals surface area contributed by atoms with Gasteiger partial charge in [-0.05, 0) is 54.4 Å². The van der Waals surface area contributed by atoms with E-state index in [2.05, 4.69) is 34.3 Å². The molecule has 7 nitrogen and oxygen atoms in total. The maximum absolute atomic E-state index is 12.3. The highest BCUT2D eigenvalue weighted by Crippen LogP contribution is 2.20. The van der Waals surface area contributed by atoms with E-state index in [0.29, 0.717) is 23.8 Å². The molecule has 0 bridgehead atoms. The molecule has 7 heteroatoms. The number of methoxy groups -OCH3 is 1. The van der Waals surface area contributed by atoms with Crippen molar-refractivity contribution in [3.63, 3.8) is 0 Å². The Bertz CT molecular complexity index is 935. The number of H-pyrrole nitrogens is 1. The fourth-order valence-corrected chi connectivity index (χ4v) is 2.37. The monoisotopic (exact) mass is 366 g/mol. The van der Waals surface area contributed by atoms with Crippen LogP contribution in [0, 0.1) is 5.92 Å². The van der Waals surface area contributed by atoms with Gasteiger partial charge in [0.15, 0.2) is 5.69 Å². The van der Waals surface area contributed by atoms with Gasteiger partial charge in [-0.2, -0.15) is 0 Å². The van der Waals surface area contributed by atoms with Gasteiger partial charge in [-0.15, -0.1) is 10.2 Å². The van der Waals surface area contributed by atoms with Crippen molar-refractivity contribution in [2.45, 2.75) is 13.8 Å². The molecule has 1 heterocycles. The van der Waals surface area contributed by atoms with Crippen LogP contribution in [-0.2, 0) is 0 Å². The fourth-order valence-electron chi connectivity index (χ4n) is 2.37. The second-order valence-corrected chi connectivity index (χ2v) is 6.43. The van der Waals surface area contributed by atoms with Gasteiger partial charge in [0.25, 0.3) is 5.56 Å². The van der Waals surface area contributed by atoms with Crippen molar-refractivity contribution in [3.8, 4) is 22.8 Å². The van der Waals surface area contributed by atoms with E-state index < -0.39 is 0 Å². The predicted octanol–water partition coefficient (Wildman–Crippen LogP) is 3.62. The van der Waals surface area contributed by atoms with E-state index in [-0.39, 0.29) is 17.2 Å². The van der Waals surface area contributed by atoms with E-state index in [1.165, 1.54) is 0 Å². The molecule has 3 rings (SSSR count). The lowest BCUT2D eigenvalue weighted by atomic mass is 10.1. The highest BCUT2D eigenvalue weighted by Gasteiger charge is 2.08. The maximum atomic E-state index is 12.3. The minimum Gasteiger partial charge on any atom is -0.497 e. The first-order chi connectivity index (χ1) is 13.0. The molecule has 0 spiro atoms. The average molecular weight is 366 g/mol. The molecule has 0 radical (unpaired) electrons. The first-order valence-electron chi connectivity index (χ1n) is 8.66. The molecular weight excluding hydrogens is 344 g/mol. The lowest BCUT2D eigenvalue weighted by Crippen LogP contribution is -2.15. The van der Waals surface area contributed by atoms with E-state index in [1.54, 1.807) is 31.4 Å². The molecule has 27 heavy (non-hydrogen) atoms. The second-order valence-electron chi connectivity index (χ2n) is 6.43. The predicted molar refractivity (Wildman–Crippen MR) is 105 cm³/mol. The quantitative estimate of drug-likeness (QED) is 0.664. The Hall–Kier alpha value is -3.35. The molecule has 0 aliphatic rings. The molecule has 0 aliphatic heterocycles. The third-order valence-corrected chi connectivity index (χ3v) is 3.76. The van der Waals surface area contributed by atoms with E-state index in [1.807, 2.05) is 24.3 Å². The molecule has 0 amide bonds. The summed E-state index contributed by atoms with van der Waals surface area (Å²) in [7, 11) is 1.59. The zero-order valence-corrected chi connectivity index (χ0v) is 15.5. The van der Waals surface area contributed by atoms with Crippen LogP contribution in [0.25, 0.3) is 11.3 Å². The van der Waals surface area contributed by atoms with Gasteiger partial charge in [0, 0.05) is 11.3 Å². The summed E-state index contributed by atoms with van der Waals surface area (Å²) in [5, 5.41) is 11.1. The summed E-state index contributed by atoms with van der Waals surface area (Å²) in [6, 6.07) is 14.5.